The summed E-state index contributed by atoms with van der Waals surface area (Å²) in [4.78, 5) is 14.4. The van der Waals surface area contributed by atoms with Crippen LogP contribution in [0.5, 0.6) is 0 Å². The smallest absolute Gasteiger partial charge is 0.354 e. The molecule has 0 saturated carbocycles. The third-order valence-electron chi connectivity index (χ3n) is 2.15. The number of esters is 1. The molecule has 0 radical (unpaired) electrons. The highest BCUT2D eigenvalue weighted by Crippen LogP contribution is 2.28. The van der Waals surface area contributed by atoms with Crippen LogP contribution in [-0.4, -0.2) is 17.6 Å². The number of hydrogen-bond donors (Lipinski definition) is 1. The Morgan fingerprint density at radius 1 is 1.38 bits per heavy atom. The Bertz CT molecular complexity index is 548. The van der Waals surface area contributed by atoms with E-state index in [9.17, 15) is 4.79 Å². The van der Waals surface area contributed by atoms with Crippen molar-refractivity contribution in [2.75, 3.05) is 6.61 Å². The van der Waals surface area contributed by atoms with E-state index in [0.717, 1.165) is 10.9 Å². The molecule has 5 heteroatoms. The fourth-order valence-corrected chi connectivity index (χ4v) is 2.03. The maximum absolute atomic E-state index is 11.5. The van der Waals surface area contributed by atoms with Gasteiger partial charge in [-0.1, -0.05) is 23.2 Å². The van der Waals surface area contributed by atoms with E-state index < -0.39 is 5.97 Å². The average molecular weight is 258 g/mol. The quantitative estimate of drug-likeness (QED) is 0.835. The first-order valence-electron chi connectivity index (χ1n) is 4.76. The van der Waals surface area contributed by atoms with E-state index in [1.165, 1.54) is 0 Å². The molecule has 2 aromatic rings. The zero-order chi connectivity index (χ0) is 11.7. The third kappa shape index (κ3) is 2.01. The molecule has 0 fully saturated rings. The van der Waals surface area contributed by atoms with Crippen LogP contribution in [-0.2, 0) is 4.74 Å². The predicted molar refractivity (Wildman–Crippen MR) is 64.3 cm³/mol. The molecule has 0 amide bonds. The van der Waals surface area contributed by atoms with Crippen LogP contribution in [0.15, 0.2) is 18.2 Å². The van der Waals surface area contributed by atoms with Crippen molar-refractivity contribution in [1.82, 2.24) is 4.98 Å². The van der Waals surface area contributed by atoms with Crippen molar-refractivity contribution < 1.29 is 9.53 Å². The summed E-state index contributed by atoms with van der Waals surface area (Å²) in [7, 11) is 0. The van der Waals surface area contributed by atoms with Gasteiger partial charge in [0.15, 0.2) is 0 Å². The van der Waals surface area contributed by atoms with Gasteiger partial charge in [0.1, 0.15) is 5.69 Å². The number of nitrogens with one attached hydrogen (secondary N) is 1. The van der Waals surface area contributed by atoms with Gasteiger partial charge in [0.05, 0.1) is 11.6 Å². The van der Waals surface area contributed by atoms with Crippen LogP contribution in [0.2, 0.25) is 10.0 Å². The van der Waals surface area contributed by atoms with Gasteiger partial charge in [0.25, 0.3) is 0 Å². The molecule has 1 N–H and O–H groups in total. The normalized spacial score (nSPS) is 10.7. The van der Waals surface area contributed by atoms with Gasteiger partial charge < -0.3 is 9.72 Å². The number of carbonyl (C=O) groups excluding carboxylic acids is 1. The number of ether oxygens (including phenoxy) is 1. The van der Waals surface area contributed by atoms with Crippen molar-refractivity contribution in [3.8, 4) is 0 Å². The zero-order valence-electron chi connectivity index (χ0n) is 8.51. The van der Waals surface area contributed by atoms with Crippen LogP contribution < -0.4 is 0 Å². The number of aromatic amines is 1. The summed E-state index contributed by atoms with van der Waals surface area (Å²) in [5, 5.41) is 1.79. The summed E-state index contributed by atoms with van der Waals surface area (Å²) >= 11 is 11.9. The molecule has 0 atom stereocenters. The van der Waals surface area contributed by atoms with E-state index in [-0.39, 0.29) is 0 Å². The van der Waals surface area contributed by atoms with Gasteiger partial charge in [0, 0.05) is 15.9 Å². The number of rotatable bonds is 2. The second-order valence-electron chi connectivity index (χ2n) is 3.25. The number of fused-ring (bicyclic) bond motifs is 1. The van der Waals surface area contributed by atoms with Crippen molar-refractivity contribution in [1.29, 1.82) is 0 Å². The Hall–Kier alpha value is -1.19. The first kappa shape index (κ1) is 11.3. The van der Waals surface area contributed by atoms with Crippen LogP contribution in [0.4, 0.5) is 0 Å². The van der Waals surface area contributed by atoms with Gasteiger partial charge in [-0.25, -0.2) is 4.79 Å². The molecule has 3 nitrogen and oxygen atoms in total. The second kappa shape index (κ2) is 4.36. The van der Waals surface area contributed by atoms with Gasteiger partial charge in [-0.2, -0.15) is 0 Å². The topological polar surface area (TPSA) is 42.1 Å². The molecule has 1 aromatic carbocycles. The van der Waals surface area contributed by atoms with Crippen molar-refractivity contribution in [3.63, 3.8) is 0 Å². The lowest BCUT2D eigenvalue weighted by atomic mass is 10.2. The van der Waals surface area contributed by atoms with Crippen molar-refractivity contribution in [2.24, 2.45) is 0 Å². The fourth-order valence-electron chi connectivity index (χ4n) is 1.48. The molecule has 1 heterocycles. The number of aromatic nitrogens is 1. The van der Waals surface area contributed by atoms with E-state index in [1.54, 1.807) is 25.1 Å². The largest absolute Gasteiger partial charge is 0.461 e. The van der Waals surface area contributed by atoms with Crippen molar-refractivity contribution in [3.05, 3.63) is 33.9 Å². The first-order valence-corrected chi connectivity index (χ1v) is 5.52. The minimum atomic E-state index is -0.397. The fraction of sp³-hybridized carbons (Fsp3) is 0.182. The molecular formula is C11H9Cl2NO2. The molecule has 0 unspecified atom stereocenters. The number of carbonyl (C=O) groups is 1. The SMILES string of the molecule is CCOC(=O)c1cc2c(Cl)cc(Cl)cc2[nH]1. The Morgan fingerprint density at radius 3 is 2.81 bits per heavy atom. The summed E-state index contributed by atoms with van der Waals surface area (Å²) in [6.45, 7) is 2.09. The molecule has 0 spiro atoms. The third-order valence-corrected chi connectivity index (χ3v) is 2.68. The monoisotopic (exact) mass is 257 g/mol. The lowest BCUT2D eigenvalue weighted by Crippen LogP contribution is -2.04. The molecule has 2 rings (SSSR count). The van der Waals surface area contributed by atoms with Crippen LogP contribution in [0.25, 0.3) is 10.9 Å². The standard InChI is InChI=1S/C11H9Cl2NO2/c1-2-16-11(15)10-5-7-8(13)3-6(12)4-9(7)14-10/h3-5,14H,2H2,1H3. The van der Waals surface area contributed by atoms with E-state index >= 15 is 0 Å². The molecule has 0 aliphatic carbocycles. The Kier molecular flexibility index (Phi) is 3.08. The molecular weight excluding hydrogens is 249 g/mol. The maximum Gasteiger partial charge on any atom is 0.354 e. The predicted octanol–water partition coefficient (Wildman–Crippen LogP) is 3.65. The Balaban J connectivity index is 2.51. The van der Waals surface area contributed by atoms with E-state index in [1.807, 2.05) is 0 Å². The van der Waals surface area contributed by atoms with E-state index in [0.29, 0.717) is 22.3 Å². The van der Waals surface area contributed by atoms with Crippen LogP contribution in [0.1, 0.15) is 17.4 Å². The minimum absolute atomic E-state index is 0.336. The van der Waals surface area contributed by atoms with Gasteiger partial charge >= 0.3 is 5.97 Å². The summed E-state index contributed by atoms with van der Waals surface area (Å²) in [6, 6.07) is 5.01. The summed E-state index contributed by atoms with van der Waals surface area (Å²) in [6.07, 6.45) is 0. The molecule has 16 heavy (non-hydrogen) atoms. The van der Waals surface area contributed by atoms with E-state index in [4.69, 9.17) is 27.9 Å². The molecule has 0 saturated heterocycles. The van der Waals surface area contributed by atoms with Gasteiger partial charge in [-0.3, -0.25) is 0 Å². The van der Waals surface area contributed by atoms with Crippen molar-refractivity contribution >= 4 is 40.1 Å². The first-order chi connectivity index (χ1) is 7.61. The van der Waals surface area contributed by atoms with E-state index in [2.05, 4.69) is 4.98 Å². The lowest BCUT2D eigenvalue weighted by molar-refractivity contribution is 0.0520. The van der Waals surface area contributed by atoms with Gasteiger partial charge in [-0.15, -0.1) is 0 Å². The second-order valence-corrected chi connectivity index (χ2v) is 4.10. The molecule has 0 bridgehead atoms. The Morgan fingerprint density at radius 2 is 2.12 bits per heavy atom. The Labute approximate surface area is 102 Å². The summed E-state index contributed by atoms with van der Waals surface area (Å²) in [5.41, 5.74) is 1.10. The van der Waals surface area contributed by atoms with Gasteiger partial charge in [0.2, 0.25) is 0 Å². The van der Waals surface area contributed by atoms with Crippen molar-refractivity contribution in [2.45, 2.75) is 6.92 Å². The maximum atomic E-state index is 11.5. The highest BCUT2D eigenvalue weighted by molar-refractivity contribution is 6.38. The highest BCUT2D eigenvalue weighted by atomic mass is 35.5. The average Bonchev–Trinajstić information content (AvgIpc) is 2.62. The van der Waals surface area contributed by atoms with Crippen LogP contribution in [0, 0.1) is 0 Å². The molecule has 0 aliphatic rings. The van der Waals surface area contributed by atoms with Crippen LogP contribution in [0.3, 0.4) is 0 Å². The number of benzene rings is 1. The molecule has 84 valence electrons. The minimum Gasteiger partial charge on any atom is -0.461 e. The van der Waals surface area contributed by atoms with Gasteiger partial charge in [-0.05, 0) is 25.1 Å². The molecule has 0 aliphatic heterocycles. The number of H-pyrrole nitrogens is 1. The lowest BCUT2D eigenvalue weighted by Gasteiger charge is -1.96. The molecule has 1 aromatic heterocycles. The number of hydrogen-bond acceptors (Lipinski definition) is 2. The highest BCUT2D eigenvalue weighted by Gasteiger charge is 2.12. The van der Waals surface area contributed by atoms with Crippen LogP contribution >= 0.6 is 23.2 Å². The summed E-state index contributed by atoms with van der Waals surface area (Å²) < 4.78 is 4.88. The summed E-state index contributed by atoms with van der Waals surface area (Å²) in [5.74, 6) is -0.397. The zero-order valence-corrected chi connectivity index (χ0v) is 10.0. The number of halogens is 2.